The maximum absolute atomic E-state index is 12.6. The van der Waals surface area contributed by atoms with Crippen molar-refractivity contribution in [3.8, 4) is 0 Å². The minimum Gasteiger partial charge on any atom is -0.333 e. The van der Waals surface area contributed by atoms with E-state index < -0.39 is 0 Å². The lowest BCUT2D eigenvalue weighted by molar-refractivity contribution is 0.0738. The van der Waals surface area contributed by atoms with Gasteiger partial charge in [-0.15, -0.1) is 0 Å². The Morgan fingerprint density at radius 2 is 2.10 bits per heavy atom. The molecule has 0 fully saturated rings. The number of aryl methyl sites for hydroxylation is 2. The molecule has 0 aromatic carbocycles. The number of rotatable bonds is 3. The Bertz CT molecular complexity index is 620. The van der Waals surface area contributed by atoms with Crippen LogP contribution in [-0.2, 0) is 7.05 Å². The summed E-state index contributed by atoms with van der Waals surface area (Å²) in [6.07, 6.45) is 3.17. The zero-order valence-corrected chi connectivity index (χ0v) is 12.5. The maximum atomic E-state index is 12.6. The lowest BCUT2D eigenvalue weighted by Crippen LogP contribution is -2.31. The minimum absolute atomic E-state index is 0.0424. The minimum atomic E-state index is -0.121. The van der Waals surface area contributed by atoms with Crippen LogP contribution in [-0.4, -0.2) is 37.6 Å². The molecule has 0 aliphatic heterocycles. The normalized spacial score (nSPS) is 12.2. The summed E-state index contributed by atoms with van der Waals surface area (Å²) in [4.78, 5) is 22.4. The van der Waals surface area contributed by atoms with Crippen molar-refractivity contribution >= 4 is 5.91 Å². The molecule has 0 aliphatic carbocycles. The lowest BCUT2D eigenvalue weighted by Gasteiger charge is -2.24. The SMILES string of the molecule is Cc1nn(C)c(C)c1C(=O)N(C)[C@@H](C)c1ccncn1. The average Bonchev–Trinajstić information content (AvgIpc) is 2.71. The first kappa shape index (κ1) is 14.2. The molecule has 6 nitrogen and oxygen atoms in total. The van der Waals surface area contributed by atoms with Crippen LogP contribution in [0.3, 0.4) is 0 Å². The zero-order chi connectivity index (χ0) is 14.9. The summed E-state index contributed by atoms with van der Waals surface area (Å²) >= 11 is 0. The number of hydrogen-bond donors (Lipinski definition) is 0. The van der Waals surface area contributed by atoms with Crippen molar-refractivity contribution < 1.29 is 4.79 Å². The van der Waals surface area contributed by atoms with Crippen molar-refractivity contribution in [1.82, 2.24) is 24.6 Å². The Labute approximate surface area is 118 Å². The Balaban J connectivity index is 2.29. The fourth-order valence-electron chi connectivity index (χ4n) is 2.18. The van der Waals surface area contributed by atoms with Crippen LogP contribution in [0, 0.1) is 13.8 Å². The molecule has 2 aromatic rings. The molecule has 0 saturated carbocycles. The van der Waals surface area contributed by atoms with Crippen LogP contribution < -0.4 is 0 Å². The largest absolute Gasteiger partial charge is 0.333 e. The molecule has 0 aliphatic rings. The number of hydrogen-bond acceptors (Lipinski definition) is 4. The van der Waals surface area contributed by atoms with E-state index in [1.165, 1.54) is 6.33 Å². The molecule has 1 atom stereocenters. The smallest absolute Gasteiger partial charge is 0.257 e. The van der Waals surface area contributed by atoms with E-state index in [9.17, 15) is 4.79 Å². The van der Waals surface area contributed by atoms with Gasteiger partial charge >= 0.3 is 0 Å². The van der Waals surface area contributed by atoms with Gasteiger partial charge in [0.05, 0.1) is 23.0 Å². The molecule has 6 heteroatoms. The monoisotopic (exact) mass is 273 g/mol. The third-order valence-electron chi connectivity index (χ3n) is 3.66. The van der Waals surface area contributed by atoms with Crippen molar-refractivity contribution in [2.75, 3.05) is 7.05 Å². The van der Waals surface area contributed by atoms with Crippen molar-refractivity contribution in [2.24, 2.45) is 7.05 Å². The molecular formula is C14H19N5O. The van der Waals surface area contributed by atoms with E-state index in [0.29, 0.717) is 5.56 Å². The summed E-state index contributed by atoms with van der Waals surface area (Å²) in [6.45, 7) is 5.70. The highest BCUT2D eigenvalue weighted by atomic mass is 16.2. The average molecular weight is 273 g/mol. The van der Waals surface area contributed by atoms with Crippen LogP contribution in [0.15, 0.2) is 18.6 Å². The molecule has 106 valence electrons. The highest BCUT2D eigenvalue weighted by Gasteiger charge is 2.24. The maximum Gasteiger partial charge on any atom is 0.257 e. The second-order valence-electron chi connectivity index (χ2n) is 4.90. The molecule has 0 radical (unpaired) electrons. The molecule has 0 N–H and O–H groups in total. The number of carbonyl (C=O) groups excluding carboxylic acids is 1. The highest BCUT2D eigenvalue weighted by Crippen LogP contribution is 2.21. The molecule has 0 saturated heterocycles. The summed E-state index contributed by atoms with van der Waals surface area (Å²) in [5.74, 6) is -0.0424. The van der Waals surface area contributed by atoms with Gasteiger partial charge in [-0.1, -0.05) is 0 Å². The van der Waals surface area contributed by atoms with E-state index in [2.05, 4.69) is 15.1 Å². The summed E-state index contributed by atoms with van der Waals surface area (Å²) in [5, 5.41) is 4.29. The van der Waals surface area contributed by atoms with Gasteiger partial charge in [-0.05, 0) is 26.8 Å². The molecule has 1 amide bonds. The first-order chi connectivity index (χ1) is 9.43. The Morgan fingerprint density at radius 3 is 2.60 bits per heavy atom. The Hall–Kier alpha value is -2.24. The highest BCUT2D eigenvalue weighted by molar-refractivity contribution is 5.96. The van der Waals surface area contributed by atoms with E-state index in [1.54, 1.807) is 22.8 Å². The number of nitrogens with zero attached hydrogens (tertiary/aromatic N) is 5. The lowest BCUT2D eigenvalue weighted by atomic mass is 10.1. The summed E-state index contributed by atoms with van der Waals surface area (Å²) < 4.78 is 1.73. The van der Waals surface area contributed by atoms with Gasteiger partial charge in [-0.2, -0.15) is 5.10 Å². The van der Waals surface area contributed by atoms with Gasteiger partial charge in [0.25, 0.3) is 5.91 Å². The van der Waals surface area contributed by atoms with Crippen molar-refractivity contribution in [2.45, 2.75) is 26.8 Å². The van der Waals surface area contributed by atoms with Crippen LogP contribution in [0.1, 0.15) is 40.4 Å². The standard InChI is InChI=1S/C14H19N5O/c1-9-13(11(3)19(5)17-9)14(20)18(4)10(2)12-6-7-15-8-16-12/h6-8,10H,1-5H3/t10-/m0/s1. The van der Waals surface area contributed by atoms with E-state index >= 15 is 0 Å². The second kappa shape index (κ2) is 5.40. The van der Waals surface area contributed by atoms with Gasteiger partial charge in [0.2, 0.25) is 0 Å². The molecular weight excluding hydrogens is 254 g/mol. The predicted molar refractivity (Wildman–Crippen MR) is 75.2 cm³/mol. The molecule has 2 aromatic heterocycles. The fraction of sp³-hybridized carbons (Fsp3) is 0.429. The van der Waals surface area contributed by atoms with E-state index in [1.807, 2.05) is 33.9 Å². The summed E-state index contributed by atoms with van der Waals surface area (Å²) in [6, 6.07) is 1.70. The number of carbonyl (C=O) groups is 1. The molecule has 0 unspecified atom stereocenters. The summed E-state index contributed by atoms with van der Waals surface area (Å²) in [5.41, 5.74) is 3.09. The van der Waals surface area contributed by atoms with Gasteiger partial charge in [-0.3, -0.25) is 9.48 Å². The van der Waals surface area contributed by atoms with E-state index in [-0.39, 0.29) is 11.9 Å². The topological polar surface area (TPSA) is 63.9 Å². The van der Waals surface area contributed by atoms with Gasteiger partial charge in [0.15, 0.2) is 0 Å². The van der Waals surface area contributed by atoms with Crippen LogP contribution in [0.4, 0.5) is 0 Å². The van der Waals surface area contributed by atoms with Crippen LogP contribution in [0.2, 0.25) is 0 Å². The number of aromatic nitrogens is 4. The molecule has 20 heavy (non-hydrogen) atoms. The predicted octanol–water partition coefficient (Wildman–Crippen LogP) is 1.66. The summed E-state index contributed by atoms with van der Waals surface area (Å²) in [7, 11) is 3.62. The van der Waals surface area contributed by atoms with Gasteiger partial charge in [-0.25, -0.2) is 9.97 Å². The van der Waals surface area contributed by atoms with Gasteiger partial charge in [0.1, 0.15) is 6.33 Å². The molecule has 0 bridgehead atoms. The fourth-order valence-corrected chi connectivity index (χ4v) is 2.18. The van der Waals surface area contributed by atoms with Gasteiger partial charge < -0.3 is 4.90 Å². The van der Waals surface area contributed by atoms with Gasteiger partial charge in [0, 0.05) is 26.0 Å². The number of amides is 1. The van der Waals surface area contributed by atoms with Crippen LogP contribution in [0.25, 0.3) is 0 Å². The Kier molecular flexibility index (Phi) is 3.83. The molecule has 2 heterocycles. The van der Waals surface area contributed by atoms with Crippen LogP contribution in [0.5, 0.6) is 0 Å². The van der Waals surface area contributed by atoms with Crippen molar-refractivity contribution in [1.29, 1.82) is 0 Å². The van der Waals surface area contributed by atoms with E-state index in [4.69, 9.17) is 0 Å². The zero-order valence-electron chi connectivity index (χ0n) is 12.5. The molecule has 2 rings (SSSR count). The third kappa shape index (κ3) is 2.41. The second-order valence-corrected chi connectivity index (χ2v) is 4.90. The van der Waals surface area contributed by atoms with Crippen molar-refractivity contribution in [3.05, 3.63) is 41.2 Å². The third-order valence-corrected chi connectivity index (χ3v) is 3.66. The molecule has 0 spiro atoms. The quantitative estimate of drug-likeness (QED) is 0.853. The van der Waals surface area contributed by atoms with E-state index in [0.717, 1.165) is 17.1 Å². The van der Waals surface area contributed by atoms with Crippen LogP contribution >= 0.6 is 0 Å². The Morgan fingerprint density at radius 1 is 1.40 bits per heavy atom. The first-order valence-electron chi connectivity index (χ1n) is 6.46. The van der Waals surface area contributed by atoms with Crippen molar-refractivity contribution in [3.63, 3.8) is 0 Å². The first-order valence-corrected chi connectivity index (χ1v) is 6.46.